The molecule has 0 heterocycles. The van der Waals surface area contributed by atoms with Crippen molar-refractivity contribution in [2.24, 2.45) is 11.7 Å². The van der Waals surface area contributed by atoms with Crippen LogP contribution in [0.5, 0.6) is 0 Å². The van der Waals surface area contributed by atoms with Crippen LogP contribution in [0.3, 0.4) is 0 Å². The van der Waals surface area contributed by atoms with Gasteiger partial charge in [0.05, 0.1) is 17.3 Å². The first kappa shape index (κ1) is 15.4. The summed E-state index contributed by atoms with van der Waals surface area (Å²) in [5.41, 5.74) is 5.40. The van der Waals surface area contributed by atoms with Crippen LogP contribution >= 0.6 is 0 Å². The number of hydrogen-bond acceptors (Lipinski definition) is 5. The molecule has 1 aliphatic carbocycles. The predicted molar refractivity (Wildman–Crippen MR) is 69.7 cm³/mol. The van der Waals surface area contributed by atoms with Crippen LogP contribution in [0.25, 0.3) is 0 Å². The van der Waals surface area contributed by atoms with E-state index in [1.54, 1.807) is 0 Å². The molecule has 9 heteroatoms. The minimum atomic E-state index is -3.65. The first-order chi connectivity index (χ1) is 8.11. The maximum absolute atomic E-state index is 11.7. The summed E-state index contributed by atoms with van der Waals surface area (Å²) in [4.78, 5) is 0. The van der Waals surface area contributed by atoms with Crippen LogP contribution in [0.1, 0.15) is 19.3 Å². The largest absolute Gasteiger partial charge is 0.387 e. The Morgan fingerprint density at radius 1 is 1.28 bits per heavy atom. The zero-order valence-corrected chi connectivity index (χ0v) is 11.9. The second-order valence-electron chi connectivity index (χ2n) is 4.67. The van der Waals surface area contributed by atoms with Crippen molar-refractivity contribution >= 4 is 25.7 Å². The van der Waals surface area contributed by atoms with Gasteiger partial charge in [-0.3, -0.25) is 5.41 Å². The summed E-state index contributed by atoms with van der Waals surface area (Å²) < 4.78 is 47.8. The first-order valence-corrected chi connectivity index (χ1v) is 9.34. The highest BCUT2D eigenvalue weighted by molar-refractivity contribution is 7.93. The Hall–Kier alpha value is -0.670. The second-order valence-corrected chi connectivity index (χ2v) is 8.80. The number of sulfonamides is 1. The predicted octanol–water partition coefficient (Wildman–Crippen LogP) is -0.945. The Balaban J connectivity index is 2.63. The van der Waals surface area contributed by atoms with E-state index in [1.165, 1.54) is 0 Å². The Labute approximate surface area is 108 Å². The van der Waals surface area contributed by atoms with E-state index < -0.39 is 31.4 Å². The van der Waals surface area contributed by atoms with E-state index in [0.717, 1.165) is 12.7 Å². The molecule has 0 bridgehead atoms. The van der Waals surface area contributed by atoms with E-state index >= 15 is 0 Å². The molecule has 0 aliphatic heterocycles. The highest BCUT2D eigenvalue weighted by atomic mass is 32.2. The van der Waals surface area contributed by atoms with Crippen molar-refractivity contribution in [2.75, 3.05) is 17.8 Å². The van der Waals surface area contributed by atoms with Crippen LogP contribution in [0, 0.1) is 11.3 Å². The molecular weight excluding hydrogens is 278 g/mol. The summed E-state index contributed by atoms with van der Waals surface area (Å²) in [5, 5.41) is 7.38. The van der Waals surface area contributed by atoms with Crippen LogP contribution in [-0.4, -0.2) is 46.5 Å². The van der Waals surface area contributed by atoms with Gasteiger partial charge in [-0.25, -0.2) is 21.6 Å². The highest BCUT2D eigenvalue weighted by Gasteiger charge is 2.32. The van der Waals surface area contributed by atoms with Crippen LogP contribution in [0.15, 0.2) is 0 Å². The number of rotatable bonds is 6. The quantitative estimate of drug-likeness (QED) is 0.430. The molecule has 1 fully saturated rings. The summed E-state index contributed by atoms with van der Waals surface area (Å²) in [6, 6.07) is -0.382. The van der Waals surface area contributed by atoms with Crippen molar-refractivity contribution < 1.29 is 16.8 Å². The zero-order chi connectivity index (χ0) is 14.0. The minimum absolute atomic E-state index is 0.0247. The number of amidine groups is 1. The van der Waals surface area contributed by atoms with Gasteiger partial charge < -0.3 is 5.73 Å². The van der Waals surface area contributed by atoms with Gasteiger partial charge in [0, 0.05) is 18.2 Å². The Morgan fingerprint density at radius 2 is 1.89 bits per heavy atom. The monoisotopic (exact) mass is 297 g/mol. The fourth-order valence-corrected chi connectivity index (χ4v) is 4.97. The average molecular weight is 297 g/mol. The topological polar surface area (TPSA) is 130 Å². The Bertz CT molecular complexity index is 512. The van der Waals surface area contributed by atoms with Crippen molar-refractivity contribution in [3.05, 3.63) is 0 Å². The lowest BCUT2D eigenvalue weighted by molar-refractivity contribution is 0.522. The summed E-state index contributed by atoms with van der Waals surface area (Å²) in [6.45, 7) is 0. The zero-order valence-electron chi connectivity index (χ0n) is 10.2. The van der Waals surface area contributed by atoms with Crippen LogP contribution in [-0.2, 0) is 19.9 Å². The normalized spacial score (nSPS) is 25.2. The molecule has 0 aromatic carbocycles. The van der Waals surface area contributed by atoms with E-state index in [1.807, 2.05) is 0 Å². The highest BCUT2D eigenvalue weighted by Crippen LogP contribution is 2.25. The first-order valence-electron chi connectivity index (χ1n) is 5.62. The van der Waals surface area contributed by atoms with Gasteiger partial charge in [0.2, 0.25) is 10.0 Å². The number of hydrogen-bond donors (Lipinski definition) is 3. The molecule has 1 aliphatic rings. The van der Waals surface area contributed by atoms with Crippen molar-refractivity contribution in [1.82, 2.24) is 4.72 Å². The van der Waals surface area contributed by atoms with Crippen LogP contribution in [0.4, 0.5) is 0 Å². The molecule has 4 N–H and O–H groups in total. The molecular formula is C9H19N3O4S2. The summed E-state index contributed by atoms with van der Waals surface area (Å²) >= 11 is 0. The van der Waals surface area contributed by atoms with Crippen molar-refractivity contribution in [2.45, 2.75) is 25.3 Å². The van der Waals surface area contributed by atoms with Gasteiger partial charge in [-0.1, -0.05) is 6.42 Å². The molecule has 0 saturated heterocycles. The van der Waals surface area contributed by atoms with Gasteiger partial charge in [-0.2, -0.15) is 0 Å². The number of sulfone groups is 1. The lowest BCUT2D eigenvalue weighted by Gasteiger charge is -2.19. The number of nitrogens with one attached hydrogen (secondary N) is 2. The van der Waals surface area contributed by atoms with E-state index in [-0.39, 0.29) is 17.8 Å². The molecule has 7 nitrogen and oxygen atoms in total. The molecule has 2 atom stereocenters. The fourth-order valence-electron chi connectivity index (χ4n) is 2.02. The maximum Gasteiger partial charge on any atom is 0.212 e. The Kier molecular flexibility index (Phi) is 4.73. The molecule has 0 spiro atoms. The maximum atomic E-state index is 11.7. The van der Waals surface area contributed by atoms with E-state index in [0.29, 0.717) is 12.8 Å². The third-order valence-electron chi connectivity index (χ3n) is 2.97. The molecule has 2 unspecified atom stereocenters. The van der Waals surface area contributed by atoms with Crippen molar-refractivity contribution in [1.29, 1.82) is 5.41 Å². The average Bonchev–Trinajstić information content (AvgIpc) is 2.61. The summed E-state index contributed by atoms with van der Waals surface area (Å²) in [7, 11) is -6.95. The number of nitrogens with two attached hydrogens (primary N) is 1. The molecule has 0 aromatic rings. The molecule has 0 amide bonds. The summed E-state index contributed by atoms with van der Waals surface area (Å²) in [6.07, 6.45) is 3.12. The third kappa shape index (κ3) is 4.91. The van der Waals surface area contributed by atoms with Crippen molar-refractivity contribution in [3.8, 4) is 0 Å². The molecule has 1 rings (SSSR count). The molecule has 106 valence electrons. The van der Waals surface area contributed by atoms with Crippen LogP contribution < -0.4 is 10.5 Å². The third-order valence-corrected chi connectivity index (χ3v) is 5.58. The summed E-state index contributed by atoms with van der Waals surface area (Å²) in [5.74, 6) is -1.16. The SMILES string of the molecule is CS(=O)(=O)CCS(=O)(=O)NC1CCCC1C(=N)N. The smallest absolute Gasteiger partial charge is 0.212 e. The van der Waals surface area contributed by atoms with E-state index in [9.17, 15) is 16.8 Å². The van der Waals surface area contributed by atoms with Crippen molar-refractivity contribution in [3.63, 3.8) is 0 Å². The minimum Gasteiger partial charge on any atom is -0.387 e. The fraction of sp³-hybridized carbons (Fsp3) is 0.889. The second kappa shape index (κ2) is 5.54. The lowest BCUT2D eigenvalue weighted by Crippen LogP contribution is -2.43. The molecule has 0 radical (unpaired) electrons. The van der Waals surface area contributed by atoms with E-state index in [4.69, 9.17) is 11.1 Å². The standard InChI is InChI=1S/C9H19N3O4S2/c1-17(13,14)5-6-18(15,16)12-8-4-2-3-7(8)9(10)11/h7-8,12H,2-6H2,1H3,(H3,10,11). The van der Waals surface area contributed by atoms with Gasteiger partial charge in [0.1, 0.15) is 9.84 Å². The van der Waals surface area contributed by atoms with Gasteiger partial charge in [-0.05, 0) is 12.8 Å². The molecule has 0 aromatic heterocycles. The van der Waals surface area contributed by atoms with Gasteiger partial charge in [0.15, 0.2) is 0 Å². The van der Waals surface area contributed by atoms with Crippen LogP contribution in [0.2, 0.25) is 0 Å². The lowest BCUT2D eigenvalue weighted by atomic mass is 10.0. The molecule has 18 heavy (non-hydrogen) atoms. The van der Waals surface area contributed by atoms with Gasteiger partial charge >= 0.3 is 0 Å². The Morgan fingerprint density at radius 3 is 2.39 bits per heavy atom. The molecule has 1 saturated carbocycles. The van der Waals surface area contributed by atoms with E-state index in [2.05, 4.69) is 4.72 Å². The van der Waals surface area contributed by atoms with Gasteiger partial charge in [-0.15, -0.1) is 0 Å². The van der Waals surface area contributed by atoms with Gasteiger partial charge in [0.25, 0.3) is 0 Å².